The van der Waals surface area contributed by atoms with Gasteiger partial charge in [0.1, 0.15) is 11.8 Å². The van der Waals surface area contributed by atoms with Crippen molar-refractivity contribution >= 4 is 39.3 Å². The van der Waals surface area contributed by atoms with E-state index in [1.807, 2.05) is 58.9 Å². The minimum atomic E-state index is -0.606. The lowest BCUT2D eigenvalue weighted by molar-refractivity contribution is -0.143. The molecule has 1 atom stereocenters. The average Bonchev–Trinajstić information content (AvgIpc) is 2.67. The Hall–Kier alpha value is -2.05. The molecule has 1 N–H and O–H groups in total. The van der Waals surface area contributed by atoms with Crippen molar-refractivity contribution in [3.05, 3.63) is 63.1 Å². The van der Waals surface area contributed by atoms with Gasteiger partial charge in [-0.05, 0) is 73.8 Å². The van der Waals surface area contributed by atoms with E-state index < -0.39 is 11.6 Å². The second-order valence-electron chi connectivity index (χ2n) is 8.53. The number of ether oxygens (including phenoxy) is 1. The van der Waals surface area contributed by atoms with Gasteiger partial charge in [0.05, 0.1) is 4.47 Å². The first kappa shape index (κ1) is 25.2. The number of nitrogens with zero attached hydrogens (tertiary/aromatic N) is 1. The van der Waals surface area contributed by atoms with Gasteiger partial charge in [-0.25, -0.2) is 0 Å². The Morgan fingerprint density at radius 1 is 1.16 bits per heavy atom. The van der Waals surface area contributed by atoms with E-state index in [0.29, 0.717) is 28.2 Å². The van der Waals surface area contributed by atoms with E-state index in [0.717, 1.165) is 11.1 Å². The molecule has 0 radical (unpaired) electrons. The lowest BCUT2D eigenvalue weighted by atomic mass is 10.1. The summed E-state index contributed by atoms with van der Waals surface area (Å²) in [6.45, 7) is 9.81. The smallest absolute Gasteiger partial charge is 0.261 e. The Morgan fingerprint density at radius 3 is 2.35 bits per heavy atom. The van der Waals surface area contributed by atoms with Crippen LogP contribution >= 0.6 is 27.5 Å². The highest BCUT2D eigenvalue weighted by Gasteiger charge is 2.31. The van der Waals surface area contributed by atoms with E-state index in [2.05, 4.69) is 21.2 Å². The van der Waals surface area contributed by atoms with E-state index in [1.54, 1.807) is 23.1 Å². The molecule has 2 amide bonds. The zero-order chi connectivity index (χ0) is 23.2. The molecule has 0 saturated heterocycles. The summed E-state index contributed by atoms with van der Waals surface area (Å²) >= 11 is 9.37. The van der Waals surface area contributed by atoms with E-state index in [4.69, 9.17) is 16.3 Å². The lowest BCUT2D eigenvalue weighted by Gasteiger charge is -2.33. The molecule has 0 aromatic heterocycles. The summed E-state index contributed by atoms with van der Waals surface area (Å²) in [6, 6.07) is 12.4. The van der Waals surface area contributed by atoms with Gasteiger partial charge in [-0.1, -0.05) is 48.4 Å². The molecule has 5 nitrogen and oxygen atoms in total. The van der Waals surface area contributed by atoms with Crippen LogP contribution in [-0.2, 0) is 16.1 Å². The monoisotopic (exact) mass is 508 g/mol. The van der Waals surface area contributed by atoms with Gasteiger partial charge in [0.15, 0.2) is 6.61 Å². The molecule has 0 fully saturated rings. The summed E-state index contributed by atoms with van der Waals surface area (Å²) in [5.74, 6) is 0.0710. The van der Waals surface area contributed by atoms with Crippen LogP contribution in [0.1, 0.15) is 45.2 Å². The number of halogens is 2. The van der Waals surface area contributed by atoms with Crippen molar-refractivity contribution in [2.45, 2.75) is 59.2 Å². The van der Waals surface area contributed by atoms with Crippen molar-refractivity contribution in [2.24, 2.45) is 0 Å². The van der Waals surface area contributed by atoms with Gasteiger partial charge < -0.3 is 15.0 Å². The molecule has 0 bridgehead atoms. The normalized spacial score (nSPS) is 12.2. The van der Waals surface area contributed by atoms with Crippen molar-refractivity contribution in [2.75, 3.05) is 6.61 Å². The second-order valence-corrected chi connectivity index (χ2v) is 9.82. The first-order chi connectivity index (χ1) is 14.5. The average molecular weight is 510 g/mol. The summed E-state index contributed by atoms with van der Waals surface area (Å²) in [4.78, 5) is 27.8. The largest absolute Gasteiger partial charge is 0.483 e. The van der Waals surface area contributed by atoms with Crippen LogP contribution in [0.2, 0.25) is 5.02 Å². The van der Waals surface area contributed by atoms with Crippen molar-refractivity contribution in [3.8, 4) is 5.75 Å². The highest BCUT2D eigenvalue weighted by atomic mass is 79.9. The molecule has 0 heterocycles. The molecule has 0 aliphatic carbocycles. The van der Waals surface area contributed by atoms with Crippen molar-refractivity contribution in [1.82, 2.24) is 10.2 Å². The molecule has 7 heteroatoms. The van der Waals surface area contributed by atoms with Gasteiger partial charge in [0, 0.05) is 17.1 Å². The number of amides is 2. The number of carbonyl (C=O) groups is 2. The second kappa shape index (κ2) is 11.0. The van der Waals surface area contributed by atoms with E-state index >= 15 is 0 Å². The molecule has 2 aromatic rings. The van der Waals surface area contributed by atoms with Crippen LogP contribution in [0.5, 0.6) is 5.75 Å². The Labute approximate surface area is 198 Å². The van der Waals surface area contributed by atoms with Crippen LogP contribution in [0.15, 0.2) is 46.9 Å². The zero-order valence-electron chi connectivity index (χ0n) is 18.7. The molecule has 0 aliphatic heterocycles. The first-order valence-corrected chi connectivity index (χ1v) is 11.4. The fraction of sp³-hybridized carbons (Fsp3) is 0.417. The van der Waals surface area contributed by atoms with Gasteiger partial charge in [-0.3, -0.25) is 9.59 Å². The van der Waals surface area contributed by atoms with Crippen LogP contribution in [0, 0.1) is 6.92 Å². The molecule has 0 aliphatic rings. The zero-order valence-corrected chi connectivity index (χ0v) is 21.0. The van der Waals surface area contributed by atoms with Crippen molar-refractivity contribution < 1.29 is 14.3 Å². The highest BCUT2D eigenvalue weighted by Crippen LogP contribution is 2.28. The van der Waals surface area contributed by atoms with Crippen LogP contribution < -0.4 is 10.1 Å². The van der Waals surface area contributed by atoms with Crippen LogP contribution in [0.4, 0.5) is 0 Å². The van der Waals surface area contributed by atoms with Gasteiger partial charge in [0.2, 0.25) is 5.91 Å². The number of nitrogens with one attached hydrogen (secondary N) is 1. The fourth-order valence-corrected chi connectivity index (χ4v) is 3.87. The topological polar surface area (TPSA) is 58.6 Å². The number of rotatable bonds is 8. The standard InChI is InChI=1S/C24H30BrClN2O3/c1-6-20(23(30)27-24(3,4)5)28(14-17-9-7-16(2)8-10-17)22(29)15-31-21-12-11-18(26)13-19(21)25/h7-13,20H,6,14-15H2,1-5H3,(H,27,30)/t20-/m1/s1. The molecule has 0 spiro atoms. The van der Waals surface area contributed by atoms with Gasteiger partial charge in [-0.15, -0.1) is 0 Å². The maximum absolute atomic E-state index is 13.2. The lowest BCUT2D eigenvalue weighted by Crippen LogP contribution is -2.54. The predicted molar refractivity (Wildman–Crippen MR) is 128 cm³/mol. The van der Waals surface area contributed by atoms with E-state index in [-0.39, 0.29) is 18.4 Å². The number of hydrogen-bond donors (Lipinski definition) is 1. The molecule has 0 unspecified atom stereocenters. The Bertz CT molecular complexity index is 910. The Kier molecular flexibility index (Phi) is 8.95. The molecular weight excluding hydrogens is 480 g/mol. The minimum Gasteiger partial charge on any atom is -0.483 e. The predicted octanol–water partition coefficient (Wildman–Crippen LogP) is 5.51. The first-order valence-electron chi connectivity index (χ1n) is 10.2. The maximum Gasteiger partial charge on any atom is 0.261 e. The molecule has 31 heavy (non-hydrogen) atoms. The summed E-state index contributed by atoms with van der Waals surface area (Å²) in [7, 11) is 0. The van der Waals surface area contributed by atoms with Crippen LogP contribution in [0.3, 0.4) is 0 Å². The van der Waals surface area contributed by atoms with E-state index in [1.165, 1.54) is 0 Å². The number of aryl methyl sites for hydroxylation is 1. The van der Waals surface area contributed by atoms with Gasteiger partial charge in [-0.2, -0.15) is 0 Å². The summed E-state index contributed by atoms with van der Waals surface area (Å²) < 4.78 is 6.40. The highest BCUT2D eigenvalue weighted by molar-refractivity contribution is 9.10. The third-order valence-electron chi connectivity index (χ3n) is 4.60. The third-order valence-corrected chi connectivity index (χ3v) is 5.46. The van der Waals surface area contributed by atoms with Crippen LogP contribution in [0.25, 0.3) is 0 Å². The molecular formula is C24H30BrClN2O3. The molecule has 2 aromatic carbocycles. The van der Waals surface area contributed by atoms with Crippen LogP contribution in [-0.4, -0.2) is 34.9 Å². The van der Waals surface area contributed by atoms with Crippen molar-refractivity contribution in [1.29, 1.82) is 0 Å². The fourth-order valence-electron chi connectivity index (χ4n) is 3.08. The number of hydrogen-bond acceptors (Lipinski definition) is 3. The number of carbonyl (C=O) groups excluding carboxylic acids is 2. The van der Waals surface area contributed by atoms with Gasteiger partial charge >= 0.3 is 0 Å². The summed E-state index contributed by atoms with van der Waals surface area (Å²) in [5, 5.41) is 3.56. The quantitative estimate of drug-likeness (QED) is 0.510. The summed E-state index contributed by atoms with van der Waals surface area (Å²) in [5.41, 5.74) is 1.69. The minimum absolute atomic E-state index is 0.178. The Balaban J connectivity index is 2.24. The summed E-state index contributed by atoms with van der Waals surface area (Å²) in [6.07, 6.45) is 0.490. The molecule has 2 rings (SSSR count). The third kappa shape index (κ3) is 7.86. The number of benzene rings is 2. The molecule has 168 valence electrons. The molecule has 0 saturated carbocycles. The van der Waals surface area contributed by atoms with E-state index in [9.17, 15) is 9.59 Å². The van der Waals surface area contributed by atoms with Gasteiger partial charge in [0.25, 0.3) is 5.91 Å². The SMILES string of the molecule is CC[C@H](C(=O)NC(C)(C)C)N(Cc1ccc(C)cc1)C(=O)COc1ccc(Cl)cc1Br. The maximum atomic E-state index is 13.2. The van der Waals surface area contributed by atoms with Crippen molar-refractivity contribution in [3.63, 3.8) is 0 Å². The Morgan fingerprint density at radius 2 is 1.81 bits per heavy atom.